The maximum atomic E-state index is 11.0. The highest BCUT2D eigenvalue weighted by Gasteiger charge is 2.13. The normalized spacial score (nSPS) is 9.95. The summed E-state index contributed by atoms with van der Waals surface area (Å²) in [5, 5.41) is 14.0. The lowest BCUT2D eigenvalue weighted by atomic mass is 10.2. The zero-order chi connectivity index (χ0) is 13.7. The second kappa shape index (κ2) is 5.86. The summed E-state index contributed by atoms with van der Waals surface area (Å²) in [6, 6.07) is 13.9. The summed E-state index contributed by atoms with van der Waals surface area (Å²) in [6.45, 7) is 2.43. The summed E-state index contributed by atoms with van der Waals surface area (Å²) in [7, 11) is 0. The van der Waals surface area contributed by atoms with Crippen LogP contribution in [0, 0.1) is 10.1 Å². The van der Waals surface area contributed by atoms with E-state index in [2.05, 4.69) is 5.32 Å². The Morgan fingerprint density at radius 1 is 1.11 bits per heavy atom. The lowest BCUT2D eigenvalue weighted by molar-refractivity contribution is -0.383. The second-order valence-electron chi connectivity index (χ2n) is 3.83. The molecule has 0 aliphatic rings. The average molecular weight is 258 g/mol. The van der Waals surface area contributed by atoms with Crippen LogP contribution >= 0.6 is 0 Å². The highest BCUT2D eigenvalue weighted by molar-refractivity contribution is 5.72. The predicted octanol–water partition coefficient (Wildman–Crippen LogP) is 3.74. The van der Waals surface area contributed by atoms with Crippen LogP contribution in [-0.2, 0) is 0 Å². The van der Waals surface area contributed by atoms with Crippen LogP contribution in [0.1, 0.15) is 6.92 Å². The molecule has 0 fully saturated rings. The molecule has 1 N–H and O–H groups in total. The zero-order valence-electron chi connectivity index (χ0n) is 10.5. The molecule has 0 saturated heterocycles. The van der Waals surface area contributed by atoms with Gasteiger partial charge in [0.25, 0.3) is 5.69 Å². The van der Waals surface area contributed by atoms with Gasteiger partial charge in [-0.1, -0.05) is 24.3 Å². The van der Waals surface area contributed by atoms with Crippen LogP contribution in [0.3, 0.4) is 0 Å². The van der Waals surface area contributed by atoms with Crippen LogP contribution in [0.25, 0.3) is 0 Å². The van der Waals surface area contributed by atoms with Crippen LogP contribution < -0.4 is 10.1 Å². The third-order valence-electron chi connectivity index (χ3n) is 2.56. The van der Waals surface area contributed by atoms with Crippen molar-refractivity contribution in [3.8, 4) is 5.75 Å². The molecular weight excluding hydrogens is 244 g/mol. The fourth-order valence-electron chi connectivity index (χ4n) is 1.73. The zero-order valence-corrected chi connectivity index (χ0v) is 10.5. The van der Waals surface area contributed by atoms with E-state index in [9.17, 15) is 10.1 Å². The van der Waals surface area contributed by atoms with E-state index in [0.717, 1.165) is 0 Å². The van der Waals surface area contributed by atoms with Crippen LogP contribution in [0.5, 0.6) is 5.75 Å². The molecule has 0 aliphatic carbocycles. The van der Waals surface area contributed by atoms with Gasteiger partial charge in [0.1, 0.15) is 11.4 Å². The molecule has 98 valence electrons. The van der Waals surface area contributed by atoms with Gasteiger partial charge in [-0.3, -0.25) is 10.1 Å². The Balaban J connectivity index is 2.34. The molecule has 0 bridgehead atoms. The van der Waals surface area contributed by atoms with Crippen molar-refractivity contribution < 1.29 is 9.66 Å². The molecule has 2 rings (SSSR count). The van der Waals surface area contributed by atoms with Gasteiger partial charge in [-0.25, -0.2) is 0 Å². The summed E-state index contributed by atoms with van der Waals surface area (Å²) in [5.74, 6) is 0.670. The SMILES string of the molecule is CCOc1ccccc1Nc1ccccc1[N+](=O)[O-]. The molecule has 0 aliphatic heterocycles. The number of anilines is 2. The van der Waals surface area contributed by atoms with Crippen molar-refractivity contribution in [3.63, 3.8) is 0 Å². The lowest BCUT2D eigenvalue weighted by Crippen LogP contribution is -2.00. The first-order valence-corrected chi connectivity index (χ1v) is 5.94. The summed E-state index contributed by atoms with van der Waals surface area (Å²) in [4.78, 5) is 10.5. The van der Waals surface area contributed by atoms with Gasteiger partial charge in [0.15, 0.2) is 0 Å². The number of para-hydroxylation sites is 4. The van der Waals surface area contributed by atoms with Crippen LogP contribution in [0.2, 0.25) is 0 Å². The number of ether oxygens (including phenoxy) is 1. The molecule has 0 unspecified atom stereocenters. The molecule has 0 atom stereocenters. The minimum absolute atomic E-state index is 0.0359. The fourth-order valence-corrected chi connectivity index (χ4v) is 1.73. The number of hydrogen-bond donors (Lipinski definition) is 1. The molecular formula is C14H14N2O3. The maximum Gasteiger partial charge on any atom is 0.292 e. The minimum atomic E-state index is -0.411. The first-order valence-electron chi connectivity index (χ1n) is 5.94. The first-order chi connectivity index (χ1) is 9.22. The molecule has 0 spiro atoms. The van der Waals surface area contributed by atoms with Crippen molar-refractivity contribution in [2.45, 2.75) is 6.92 Å². The summed E-state index contributed by atoms with van der Waals surface area (Å²) >= 11 is 0. The summed E-state index contributed by atoms with van der Waals surface area (Å²) < 4.78 is 5.48. The molecule has 0 heterocycles. The minimum Gasteiger partial charge on any atom is -0.492 e. The van der Waals surface area contributed by atoms with E-state index < -0.39 is 4.92 Å². The van der Waals surface area contributed by atoms with Crippen LogP contribution in [0.4, 0.5) is 17.1 Å². The largest absolute Gasteiger partial charge is 0.492 e. The summed E-state index contributed by atoms with van der Waals surface area (Å²) in [6.07, 6.45) is 0. The Morgan fingerprint density at radius 3 is 2.42 bits per heavy atom. The second-order valence-corrected chi connectivity index (χ2v) is 3.83. The van der Waals surface area contributed by atoms with Gasteiger partial charge in [0.2, 0.25) is 0 Å². The first kappa shape index (κ1) is 12.9. The van der Waals surface area contributed by atoms with E-state index in [-0.39, 0.29) is 5.69 Å². The molecule has 0 aromatic heterocycles. The van der Waals surface area contributed by atoms with Crippen LogP contribution in [0.15, 0.2) is 48.5 Å². The van der Waals surface area contributed by atoms with E-state index in [1.54, 1.807) is 18.2 Å². The highest BCUT2D eigenvalue weighted by atomic mass is 16.6. The number of benzene rings is 2. The predicted molar refractivity (Wildman–Crippen MR) is 74.0 cm³/mol. The van der Waals surface area contributed by atoms with E-state index in [1.165, 1.54) is 6.07 Å². The molecule has 0 amide bonds. The smallest absolute Gasteiger partial charge is 0.292 e. The van der Waals surface area contributed by atoms with Crippen molar-refractivity contribution in [2.75, 3.05) is 11.9 Å². The lowest BCUT2D eigenvalue weighted by Gasteiger charge is -2.12. The third kappa shape index (κ3) is 3.01. The number of nitro groups is 1. The van der Waals surface area contributed by atoms with Crippen molar-refractivity contribution in [2.24, 2.45) is 0 Å². The standard InChI is InChI=1S/C14H14N2O3/c1-2-19-14-10-6-4-8-12(14)15-11-7-3-5-9-13(11)16(17)18/h3-10,15H,2H2,1H3. The van der Waals surface area contributed by atoms with Crippen LogP contribution in [-0.4, -0.2) is 11.5 Å². The Morgan fingerprint density at radius 2 is 1.74 bits per heavy atom. The molecule has 2 aromatic carbocycles. The number of nitrogens with zero attached hydrogens (tertiary/aromatic N) is 1. The quantitative estimate of drug-likeness (QED) is 0.655. The maximum absolute atomic E-state index is 11.0. The van der Waals surface area contributed by atoms with Gasteiger partial charge in [-0.15, -0.1) is 0 Å². The van der Waals surface area contributed by atoms with Gasteiger partial charge < -0.3 is 10.1 Å². The number of hydrogen-bond acceptors (Lipinski definition) is 4. The summed E-state index contributed by atoms with van der Waals surface area (Å²) in [5.41, 5.74) is 1.19. The Labute approximate surface area is 111 Å². The topological polar surface area (TPSA) is 64.4 Å². The van der Waals surface area contributed by atoms with E-state index in [1.807, 2.05) is 31.2 Å². The van der Waals surface area contributed by atoms with E-state index in [0.29, 0.717) is 23.7 Å². The van der Waals surface area contributed by atoms with Crippen molar-refractivity contribution in [3.05, 3.63) is 58.6 Å². The third-order valence-corrected chi connectivity index (χ3v) is 2.56. The molecule has 2 aromatic rings. The average Bonchev–Trinajstić information content (AvgIpc) is 2.42. The number of nitrogens with one attached hydrogen (secondary N) is 1. The van der Waals surface area contributed by atoms with Gasteiger partial charge in [0, 0.05) is 6.07 Å². The van der Waals surface area contributed by atoms with Gasteiger partial charge >= 0.3 is 0 Å². The number of rotatable bonds is 5. The van der Waals surface area contributed by atoms with Crippen molar-refractivity contribution >= 4 is 17.1 Å². The molecule has 19 heavy (non-hydrogen) atoms. The monoisotopic (exact) mass is 258 g/mol. The molecule has 0 radical (unpaired) electrons. The van der Waals surface area contributed by atoms with E-state index >= 15 is 0 Å². The Kier molecular flexibility index (Phi) is 3.97. The van der Waals surface area contributed by atoms with Gasteiger partial charge in [0.05, 0.1) is 17.2 Å². The van der Waals surface area contributed by atoms with Gasteiger partial charge in [-0.05, 0) is 25.1 Å². The fraction of sp³-hybridized carbons (Fsp3) is 0.143. The highest BCUT2D eigenvalue weighted by Crippen LogP contribution is 2.31. The van der Waals surface area contributed by atoms with Gasteiger partial charge in [-0.2, -0.15) is 0 Å². The molecule has 5 nitrogen and oxygen atoms in total. The molecule has 5 heteroatoms. The number of nitro benzene ring substituents is 1. The Hall–Kier alpha value is -2.56. The van der Waals surface area contributed by atoms with Crippen molar-refractivity contribution in [1.29, 1.82) is 0 Å². The molecule has 0 saturated carbocycles. The van der Waals surface area contributed by atoms with E-state index in [4.69, 9.17) is 4.74 Å². The Bertz CT molecular complexity index is 584. The van der Waals surface area contributed by atoms with Crippen molar-refractivity contribution in [1.82, 2.24) is 0 Å².